The lowest BCUT2D eigenvalue weighted by Crippen LogP contribution is -2.37. The van der Waals surface area contributed by atoms with Crippen molar-refractivity contribution in [3.8, 4) is 0 Å². The first-order chi connectivity index (χ1) is 19.9. The van der Waals surface area contributed by atoms with Gasteiger partial charge in [-0.25, -0.2) is 0 Å². The van der Waals surface area contributed by atoms with Gasteiger partial charge >= 0.3 is 0 Å². The van der Waals surface area contributed by atoms with Gasteiger partial charge in [0.1, 0.15) is 0 Å². The van der Waals surface area contributed by atoms with Crippen molar-refractivity contribution in [2.45, 2.75) is 96.5 Å². The molecule has 0 radical (unpaired) electrons. The van der Waals surface area contributed by atoms with E-state index in [2.05, 4.69) is 16.7 Å². The van der Waals surface area contributed by atoms with Crippen molar-refractivity contribution in [2.24, 2.45) is 0 Å². The third-order valence-electron chi connectivity index (χ3n) is 7.95. The molecule has 3 rings (SSSR count). The first kappa shape index (κ1) is 35.9. The maximum absolute atomic E-state index is 6.41. The van der Waals surface area contributed by atoms with Crippen molar-refractivity contribution in [2.75, 3.05) is 112 Å². The summed E-state index contributed by atoms with van der Waals surface area (Å²) in [6.07, 6.45) is 17.7. The van der Waals surface area contributed by atoms with E-state index in [0.717, 1.165) is 45.7 Å². The van der Waals surface area contributed by atoms with Crippen LogP contribution in [0.2, 0.25) is 0 Å². The molecule has 3 aliphatic rings. The van der Waals surface area contributed by atoms with Gasteiger partial charge in [-0.05, 0) is 6.42 Å². The van der Waals surface area contributed by atoms with E-state index >= 15 is 0 Å². The Morgan fingerprint density at radius 3 is 1.25 bits per heavy atom. The number of ether oxygens (including phenoxy) is 6. The van der Waals surface area contributed by atoms with E-state index in [-0.39, 0.29) is 6.10 Å². The molecule has 0 N–H and O–H groups in total. The number of fused-ring (bicyclic) bond motifs is 21. The molecular weight excluding hydrogens is 508 g/mol. The Morgan fingerprint density at radius 2 is 0.800 bits per heavy atom. The smallest absolute Gasteiger partial charge is 0.0809 e. The summed E-state index contributed by atoms with van der Waals surface area (Å²) in [4.78, 5) is 4.75. The number of hydrogen-bond acceptors (Lipinski definition) is 8. The zero-order valence-electron chi connectivity index (χ0n) is 26.1. The standard InChI is InChI=1S/C32H64N2O6/c1-2-3-4-5-6-7-8-9-10-11-12-13-14-32-31-39-25-19-33-15-21-35-27-29-37-23-17-34(20-26-40-32)18-24-38-30-28-36-22-16-33/h32H,2-31H2,1H3. The minimum Gasteiger partial charge on any atom is -0.378 e. The number of nitrogens with zero attached hydrogens (tertiary/aromatic N) is 2. The van der Waals surface area contributed by atoms with E-state index in [1.807, 2.05) is 0 Å². The Bertz CT molecular complexity index is 510. The SMILES string of the molecule is CCCCCCCCCCCCCCC1COCCN2CCOCCOCCN(CCOCCOCC2)CCO1. The molecule has 2 bridgehead atoms. The Kier molecular flexibility index (Phi) is 24.7. The van der Waals surface area contributed by atoms with Crippen LogP contribution < -0.4 is 0 Å². The Labute approximate surface area is 246 Å². The van der Waals surface area contributed by atoms with Crippen molar-refractivity contribution in [1.82, 2.24) is 9.80 Å². The zero-order chi connectivity index (χ0) is 28.2. The van der Waals surface area contributed by atoms with Gasteiger partial charge in [-0.3, -0.25) is 9.80 Å². The fourth-order valence-electron chi connectivity index (χ4n) is 5.27. The van der Waals surface area contributed by atoms with Crippen LogP contribution in [0, 0.1) is 0 Å². The average Bonchev–Trinajstić information content (AvgIpc) is 2.96. The molecule has 238 valence electrons. The highest BCUT2D eigenvalue weighted by Crippen LogP contribution is 2.14. The van der Waals surface area contributed by atoms with Crippen LogP contribution in [0.1, 0.15) is 90.4 Å². The summed E-state index contributed by atoms with van der Waals surface area (Å²) in [6.45, 7) is 14.9. The van der Waals surface area contributed by atoms with Gasteiger partial charge in [-0.2, -0.15) is 0 Å². The zero-order valence-corrected chi connectivity index (χ0v) is 26.1. The summed E-state index contributed by atoms with van der Waals surface area (Å²) in [6, 6.07) is 0. The Balaban J connectivity index is 1.75. The van der Waals surface area contributed by atoms with Crippen molar-refractivity contribution in [3.63, 3.8) is 0 Å². The Morgan fingerprint density at radius 1 is 0.425 bits per heavy atom. The van der Waals surface area contributed by atoms with E-state index in [1.54, 1.807) is 0 Å². The first-order valence-electron chi connectivity index (χ1n) is 16.8. The van der Waals surface area contributed by atoms with Crippen LogP contribution in [0.25, 0.3) is 0 Å². The van der Waals surface area contributed by atoms with Gasteiger partial charge in [0, 0.05) is 39.3 Å². The van der Waals surface area contributed by atoms with Gasteiger partial charge in [0.15, 0.2) is 0 Å². The second-order valence-corrected chi connectivity index (χ2v) is 11.4. The van der Waals surface area contributed by atoms with E-state index in [1.165, 1.54) is 77.0 Å². The number of rotatable bonds is 13. The first-order valence-corrected chi connectivity index (χ1v) is 16.8. The topological polar surface area (TPSA) is 61.9 Å². The van der Waals surface area contributed by atoms with Crippen LogP contribution in [0.5, 0.6) is 0 Å². The second-order valence-electron chi connectivity index (χ2n) is 11.4. The van der Waals surface area contributed by atoms with Gasteiger partial charge in [0.2, 0.25) is 0 Å². The monoisotopic (exact) mass is 572 g/mol. The highest BCUT2D eigenvalue weighted by Gasteiger charge is 2.13. The molecule has 0 aliphatic carbocycles. The van der Waals surface area contributed by atoms with E-state index in [9.17, 15) is 0 Å². The molecule has 0 aromatic carbocycles. The van der Waals surface area contributed by atoms with E-state index in [4.69, 9.17) is 28.4 Å². The maximum Gasteiger partial charge on any atom is 0.0809 e. The van der Waals surface area contributed by atoms with Gasteiger partial charge in [0.05, 0.1) is 78.8 Å². The molecule has 3 heterocycles. The average molecular weight is 573 g/mol. The number of hydrogen-bond donors (Lipinski definition) is 0. The van der Waals surface area contributed by atoms with Crippen LogP contribution in [-0.4, -0.2) is 128 Å². The molecule has 8 heteroatoms. The van der Waals surface area contributed by atoms with Crippen LogP contribution in [0.4, 0.5) is 0 Å². The van der Waals surface area contributed by atoms with E-state index in [0.29, 0.717) is 72.7 Å². The lowest BCUT2D eigenvalue weighted by Gasteiger charge is -2.26. The molecular formula is C32H64N2O6. The lowest BCUT2D eigenvalue weighted by atomic mass is 10.0. The lowest BCUT2D eigenvalue weighted by molar-refractivity contribution is -0.0420. The quantitative estimate of drug-likeness (QED) is 0.280. The normalized spacial score (nSPS) is 25.9. The van der Waals surface area contributed by atoms with Crippen LogP contribution in [-0.2, 0) is 28.4 Å². The van der Waals surface area contributed by atoms with Crippen LogP contribution in [0.15, 0.2) is 0 Å². The third kappa shape index (κ3) is 21.4. The fourth-order valence-corrected chi connectivity index (χ4v) is 5.27. The van der Waals surface area contributed by atoms with E-state index < -0.39 is 0 Å². The largest absolute Gasteiger partial charge is 0.378 e. The molecule has 3 fully saturated rings. The highest BCUT2D eigenvalue weighted by molar-refractivity contribution is 4.64. The van der Waals surface area contributed by atoms with Gasteiger partial charge in [0.25, 0.3) is 0 Å². The van der Waals surface area contributed by atoms with Crippen molar-refractivity contribution >= 4 is 0 Å². The summed E-state index contributed by atoms with van der Waals surface area (Å²) in [7, 11) is 0. The van der Waals surface area contributed by atoms with Crippen LogP contribution in [0.3, 0.4) is 0 Å². The van der Waals surface area contributed by atoms with Crippen LogP contribution >= 0.6 is 0 Å². The second kappa shape index (κ2) is 27.5. The van der Waals surface area contributed by atoms with Gasteiger partial charge in [-0.1, -0.05) is 84.0 Å². The molecule has 1 atom stereocenters. The molecule has 8 nitrogen and oxygen atoms in total. The molecule has 3 saturated heterocycles. The van der Waals surface area contributed by atoms with Crippen molar-refractivity contribution in [1.29, 1.82) is 0 Å². The minimum absolute atomic E-state index is 0.162. The molecule has 3 aliphatic heterocycles. The summed E-state index contributed by atoms with van der Waals surface area (Å²) in [5, 5.41) is 0. The summed E-state index contributed by atoms with van der Waals surface area (Å²) >= 11 is 0. The summed E-state index contributed by atoms with van der Waals surface area (Å²) in [5.41, 5.74) is 0. The number of unbranched alkanes of at least 4 members (excludes halogenated alkanes) is 11. The molecule has 0 aromatic heterocycles. The van der Waals surface area contributed by atoms with Gasteiger partial charge in [-0.15, -0.1) is 0 Å². The summed E-state index contributed by atoms with van der Waals surface area (Å²) in [5.74, 6) is 0. The molecule has 1 unspecified atom stereocenters. The highest BCUT2D eigenvalue weighted by atomic mass is 16.5. The maximum atomic E-state index is 6.41. The molecule has 0 saturated carbocycles. The molecule has 0 spiro atoms. The minimum atomic E-state index is 0.162. The molecule has 0 amide bonds. The Hall–Kier alpha value is -0.320. The van der Waals surface area contributed by atoms with Gasteiger partial charge < -0.3 is 28.4 Å². The van der Waals surface area contributed by atoms with Crippen molar-refractivity contribution in [3.05, 3.63) is 0 Å². The molecule has 40 heavy (non-hydrogen) atoms. The fraction of sp³-hybridized carbons (Fsp3) is 1.00. The predicted octanol–water partition coefficient (Wildman–Crippen LogP) is 5.18. The predicted molar refractivity (Wildman–Crippen MR) is 162 cm³/mol. The van der Waals surface area contributed by atoms with Crippen molar-refractivity contribution < 1.29 is 28.4 Å². The third-order valence-corrected chi connectivity index (χ3v) is 7.95. The molecule has 0 aromatic rings. The summed E-state index contributed by atoms with van der Waals surface area (Å²) < 4.78 is 35.9.